The highest BCUT2D eigenvalue weighted by Crippen LogP contribution is 2.19. The van der Waals surface area contributed by atoms with Gasteiger partial charge in [-0.2, -0.15) is 0 Å². The van der Waals surface area contributed by atoms with Crippen molar-refractivity contribution < 1.29 is 28.3 Å². The van der Waals surface area contributed by atoms with Crippen LogP contribution in [0.4, 0.5) is 0 Å². The summed E-state index contributed by atoms with van der Waals surface area (Å²) in [6.45, 7) is 2.53. The van der Waals surface area contributed by atoms with E-state index in [2.05, 4.69) is 5.43 Å². The van der Waals surface area contributed by atoms with Crippen LogP contribution in [0.5, 0.6) is 5.75 Å². The van der Waals surface area contributed by atoms with E-state index in [9.17, 15) is 19.2 Å². The molecule has 0 unspecified atom stereocenters. The molecule has 0 aliphatic carbocycles. The van der Waals surface area contributed by atoms with E-state index in [4.69, 9.17) is 13.9 Å². The van der Waals surface area contributed by atoms with Crippen molar-refractivity contribution in [1.82, 2.24) is 4.68 Å². The standard InChI is InChI=1S/C26H22N2O7/c1-16-12-21(17(2)28(16)27-26(32)19-6-4-3-5-7-19)22(29)14-34-25(31)15-33-20-10-8-18-9-11-24(30)35-23(18)13-20/h3-13H,14-15H2,1-2H3,(H,27,32). The molecule has 0 aliphatic rings. The fraction of sp³-hybridized carbons (Fsp3) is 0.154. The third-order valence-electron chi connectivity index (χ3n) is 5.30. The monoisotopic (exact) mass is 474 g/mol. The molecule has 4 rings (SSSR count). The third kappa shape index (κ3) is 5.47. The molecule has 2 aromatic carbocycles. The predicted molar refractivity (Wildman–Crippen MR) is 127 cm³/mol. The maximum atomic E-state index is 12.7. The van der Waals surface area contributed by atoms with Crippen LogP contribution in [0.15, 0.2) is 75.9 Å². The van der Waals surface area contributed by atoms with Crippen molar-refractivity contribution >= 4 is 28.6 Å². The van der Waals surface area contributed by atoms with Gasteiger partial charge in [-0.25, -0.2) is 9.59 Å². The minimum atomic E-state index is -0.737. The van der Waals surface area contributed by atoms with E-state index in [1.54, 1.807) is 62.4 Å². The lowest BCUT2D eigenvalue weighted by atomic mass is 10.1. The molecule has 9 nitrogen and oxygen atoms in total. The number of Topliss-reactive ketones (excluding diaryl/α,β-unsaturated/α-hetero) is 1. The number of aromatic nitrogens is 1. The number of esters is 1. The molecule has 0 atom stereocenters. The number of ether oxygens (including phenoxy) is 2. The van der Waals surface area contributed by atoms with Gasteiger partial charge in [-0.05, 0) is 50.2 Å². The molecule has 0 aliphatic heterocycles. The number of nitrogens with zero attached hydrogens (tertiary/aromatic N) is 1. The first-order valence-electron chi connectivity index (χ1n) is 10.7. The van der Waals surface area contributed by atoms with Crippen molar-refractivity contribution in [3.63, 3.8) is 0 Å². The molecule has 1 N–H and O–H groups in total. The van der Waals surface area contributed by atoms with Gasteiger partial charge >= 0.3 is 11.6 Å². The molecule has 0 fully saturated rings. The summed E-state index contributed by atoms with van der Waals surface area (Å²) in [7, 11) is 0. The van der Waals surface area contributed by atoms with Gasteiger partial charge in [0.2, 0.25) is 5.78 Å². The number of hydrogen-bond acceptors (Lipinski definition) is 7. The maximum Gasteiger partial charge on any atom is 0.344 e. The van der Waals surface area contributed by atoms with Crippen LogP contribution in [0.2, 0.25) is 0 Å². The molecular weight excluding hydrogens is 452 g/mol. The summed E-state index contributed by atoms with van der Waals surface area (Å²) in [6, 6.07) is 18.1. The lowest BCUT2D eigenvalue weighted by Gasteiger charge is -2.12. The quantitative estimate of drug-likeness (QED) is 0.236. The van der Waals surface area contributed by atoms with E-state index in [1.807, 2.05) is 6.07 Å². The zero-order chi connectivity index (χ0) is 24.9. The molecule has 2 heterocycles. The molecule has 9 heteroatoms. The average Bonchev–Trinajstić information content (AvgIpc) is 3.14. The Bertz CT molecular complexity index is 1470. The summed E-state index contributed by atoms with van der Waals surface area (Å²) in [6.07, 6.45) is 0. The molecule has 0 bridgehead atoms. The summed E-state index contributed by atoms with van der Waals surface area (Å²) in [4.78, 5) is 48.6. The van der Waals surface area contributed by atoms with E-state index < -0.39 is 30.6 Å². The fourth-order valence-electron chi connectivity index (χ4n) is 3.51. The zero-order valence-electron chi connectivity index (χ0n) is 19.1. The molecule has 2 aromatic heterocycles. The number of ketones is 1. The number of hydrogen-bond donors (Lipinski definition) is 1. The number of rotatable bonds is 8. The smallest absolute Gasteiger partial charge is 0.344 e. The van der Waals surface area contributed by atoms with Crippen molar-refractivity contribution in [2.45, 2.75) is 13.8 Å². The molecule has 0 saturated carbocycles. The van der Waals surface area contributed by atoms with Gasteiger partial charge in [0, 0.05) is 40.0 Å². The van der Waals surface area contributed by atoms with Gasteiger partial charge in [-0.1, -0.05) is 18.2 Å². The Morgan fingerprint density at radius 1 is 0.943 bits per heavy atom. The molecule has 4 aromatic rings. The second kappa shape index (κ2) is 10.1. The molecule has 178 valence electrons. The van der Waals surface area contributed by atoms with E-state index in [0.29, 0.717) is 39.2 Å². The van der Waals surface area contributed by atoms with Crippen LogP contribution in [0.25, 0.3) is 11.0 Å². The molecule has 35 heavy (non-hydrogen) atoms. The van der Waals surface area contributed by atoms with Crippen molar-refractivity contribution in [1.29, 1.82) is 0 Å². The summed E-state index contributed by atoms with van der Waals surface area (Å²) < 4.78 is 17.0. The van der Waals surface area contributed by atoms with Crippen LogP contribution < -0.4 is 15.8 Å². The number of amides is 1. The Kier molecular flexibility index (Phi) is 6.77. The van der Waals surface area contributed by atoms with E-state index in [-0.39, 0.29) is 5.91 Å². The topological polar surface area (TPSA) is 117 Å². The van der Waals surface area contributed by atoms with Gasteiger partial charge < -0.3 is 13.9 Å². The van der Waals surface area contributed by atoms with Gasteiger partial charge in [-0.15, -0.1) is 0 Å². The van der Waals surface area contributed by atoms with Crippen molar-refractivity contribution in [3.05, 3.63) is 99.7 Å². The van der Waals surface area contributed by atoms with Gasteiger partial charge in [0.05, 0.1) is 0 Å². The molecule has 1 amide bonds. The highest BCUT2D eigenvalue weighted by molar-refractivity contribution is 6.01. The van der Waals surface area contributed by atoms with Crippen molar-refractivity contribution in [2.75, 3.05) is 18.6 Å². The molecule has 0 radical (unpaired) electrons. The van der Waals surface area contributed by atoms with Crippen LogP contribution in [-0.4, -0.2) is 35.5 Å². The maximum absolute atomic E-state index is 12.7. The van der Waals surface area contributed by atoms with E-state index in [1.165, 1.54) is 16.8 Å². The first-order chi connectivity index (χ1) is 16.8. The van der Waals surface area contributed by atoms with Gasteiger partial charge in [0.25, 0.3) is 5.91 Å². The van der Waals surface area contributed by atoms with Crippen LogP contribution >= 0.6 is 0 Å². The molecular formula is C26H22N2O7. The fourth-order valence-corrected chi connectivity index (χ4v) is 3.51. The van der Waals surface area contributed by atoms with Crippen LogP contribution in [0.3, 0.4) is 0 Å². The number of aryl methyl sites for hydroxylation is 1. The SMILES string of the molecule is Cc1cc(C(=O)COC(=O)COc2ccc3ccc(=O)oc3c2)c(C)n1NC(=O)c1ccccc1. The summed E-state index contributed by atoms with van der Waals surface area (Å²) >= 11 is 0. The minimum Gasteiger partial charge on any atom is -0.482 e. The summed E-state index contributed by atoms with van der Waals surface area (Å²) in [5.41, 5.74) is 4.56. The minimum absolute atomic E-state index is 0.313. The predicted octanol–water partition coefficient (Wildman–Crippen LogP) is 3.40. The summed E-state index contributed by atoms with van der Waals surface area (Å²) in [5, 5.41) is 0.711. The van der Waals surface area contributed by atoms with Crippen molar-refractivity contribution in [3.8, 4) is 5.75 Å². The first kappa shape index (κ1) is 23.5. The molecule has 0 spiro atoms. The largest absolute Gasteiger partial charge is 0.482 e. The molecule has 0 saturated heterocycles. The number of carbonyl (C=O) groups is 3. The third-order valence-corrected chi connectivity index (χ3v) is 5.30. The Balaban J connectivity index is 1.33. The van der Waals surface area contributed by atoms with E-state index in [0.717, 1.165) is 0 Å². The lowest BCUT2D eigenvalue weighted by molar-refractivity contribution is -0.144. The second-order valence-electron chi connectivity index (χ2n) is 7.75. The van der Waals surface area contributed by atoms with E-state index >= 15 is 0 Å². The Morgan fingerprint density at radius 3 is 2.46 bits per heavy atom. The number of carbonyl (C=O) groups excluding carboxylic acids is 3. The van der Waals surface area contributed by atoms with Gasteiger partial charge in [-0.3, -0.25) is 19.7 Å². The second-order valence-corrected chi connectivity index (χ2v) is 7.75. The number of fused-ring (bicyclic) bond motifs is 1. The number of nitrogens with one attached hydrogen (secondary N) is 1. The van der Waals surface area contributed by atoms with Gasteiger partial charge in [0.15, 0.2) is 13.2 Å². The van der Waals surface area contributed by atoms with Gasteiger partial charge in [0.1, 0.15) is 11.3 Å². The van der Waals surface area contributed by atoms with Crippen molar-refractivity contribution in [2.24, 2.45) is 0 Å². The Morgan fingerprint density at radius 2 is 1.69 bits per heavy atom. The highest BCUT2D eigenvalue weighted by Gasteiger charge is 2.19. The lowest BCUT2D eigenvalue weighted by Crippen LogP contribution is -2.25. The van der Waals surface area contributed by atoms with Crippen LogP contribution in [-0.2, 0) is 9.53 Å². The zero-order valence-corrected chi connectivity index (χ0v) is 19.1. The number of benzene rings is 2. The van der Waals surface area contributed by atoms with Crippen LogP contribution in [0, 0.1) is 13.8 Å². The normalized spacial score (nSPS) is 10.7. The Hall–Kier alpha value is -4.66. The Labute approximate surface area is 199 Å². The van der Waals surface area contributed by atoms with Crippen LogP contribution in [0.1, 0.15) is 32.1 Å². The average molecular weight is 474 g/mol. The first-order valence-corrected chi connectivity index (χ1v) is 10.7. The summed E-state index contributed by atoms with van der Waals surface area (Å²) in [5.74, 6) is -1.16. The highest BCUT2D eigenvalue weighted by atomic mass is 16.6.